The van der Waals surface area contributed by atoms with Crippen LogP contribution in [0.25, 0.3) is 11.3 Å². The zero-order chi connectivity index (χ0) is 14.5. The summed E-state index contributed by atoms with van der Waals surface area (Å²) in [6.07, 6.45) is 1.55. The summed E-state index contributed by atoms with van der Waals surface area (Å²) in [6, 6.07) is 5.37. The second kappa shape index (κ2) is 6.05. The van der Waals surface area contributed by atoms with Gasteiger partial charge in [0, 0.05) is 5.56 Å². The van der Waals surface area contributed by atoms with Crippen LogP contribution in [0.1, 0.15) is 6.92 Å². The van der Waals surface area contributed by atoms with Crippen molar-refractivity contribution >= 4 is 11.7 Å². The van der Waals surface area contributed by atoms with Gasteiger partial charge in [0.05, 0.1) is 25.6 Å². The Morgan fingerprint density at radius 3 is 2.95 bits per heavy atom. The molecule has 0 bridgehead atoms. The normalized spacial score (nSPS) is 10.3. The molecule has 2 N–H and O–H groups in total. The van der Waals surface area contributed by atoms with E-state index in [0.717, 1.165) is 5.56 Å². The first-order valence-corrected chi connectivity index (χ1v) is 6.14. The highest BCUT2D eigenvalue weighted by molar-refractivity contribution is 5.74. The zero-order valence-electron chi connectivity index (χ0n) is 11.4. The summed E-state index contributed by atoms with van der Waals surface area (Å²) in [5, 5.41) is 8.25. The smallest absolute Gasteiger partial charge is 0.329 e. The van der Waals surface area contributed by atoms with Gasteiger partial charge in [-0.05, 0) is 19.1 Å². The van der Waals surface area contributed by atoms with E-state index < -0.39 is 0 Å². The van der Waals surface area contributed by atoms with Gasteiger partial charge in [-0.2, -0.15) is 15.0 Å². The van der Waals surface area contributed by atoms with Crippen molar-refractivity contribution in [2.75, 3.05) is 19.5 Å². The average Bonchev–Trinajstić information content (AvgIpc) is 2.87. The molecule has 0 aliphatic carbocycles. The average molecular weight is 276 g/mol. The molecule has 0 amide bonds. The van der Waals surface area contributed by atoms with Crippen LogP contribution in [0.5, 0.6) is 5.75 Å². The van der Waals surface area contributed by atoms with E-state index in [0.29, 0.717) is 23.7 Å². The number of nitrogens with two attached hydrogens (primary N) is 1. The molecule has 0 saturated carbocycles. The predicted octanol–water partition coefficient (Wildman–Crippen LogP) is 1.10. The number of hydrogen-bond donors (Lipinski definition) is 1. The van der Waals surface area contributed by atoms with Crippen molar-refractivity contribution < 1.29 is 14.3 Å². The molecule has 0 radical (unpaired) electrons. The number of hydrogen-bond acceptors (Lipinski definition) is 6. The van der Waals surface area contributed by atoms with Gasteiger partial charge in [-0.25, -0.2) is 4.79 Å². The summed E-state index contributed by atoms with van der Waals surface area (Å²) in [5.41, 5.74) is 7.67. The van der Waals surface area contributed by atoms with E-state index in [9.17, 15) is 4.79 Å². The van der Waals surface area contributed by atoms with Gasteiger partial charge >= 0.3 is 5.97 Å². The second-order valence-corrected chi connectivity index (χ2v) is 3.99. The molecule has 106 valence electrons. The molecule has 2 aromatic rings. The lowest BCUT2D eigenvalue weighted by molar-refractivity contribution is -0.144. The molecule has 7 heteroatoms. The number of aromatic nitrogens is 3. The molecule has 1 aromatic heterocycles. The van der Waals surface area contributed by atoms with Crippen molar-refractivity contribution in [2.45, 2.75) is 13.5 Å². The van der Waals surface area contributed by atoms with Crippen LogP contribution in [0.2, 0.25) is 0 Å². The Morgan fingerprint density at radius 1 is 1.45 bits per heavy atom. The Hall–Kier alpha value is -2.57. The van der Waals surface area contributed by atoms with E-state index in [4.69, 9.17) is 15.2 Å². The molecule has 0 fully saturated rings. The Labute approximate surface area is 116 Å². The molecule has 0 atom stereocenters. The maximum Gasteiger partial charge on any atom is 0.329 e. The number of nitrogens with zero attached hydrogens (tertiary/aromatic N) is 3. The standard InChI is InChI=1S/C13H16N4O3/c1-3-20-12(18)8-17-15-7-11(16-17)9-5-4-6-10(14)13(9)19-2/h4-7H,3,8,14H2,1-2H3. The van der Waals surface area contributed by atoms with Crippen molar-refractivity contribution in [3.63, 3.8) is 0 Å². The quantitative estimate of drug-likeness (QED) is 0.649. The van der Waals surface area contributed by atoms with Crippen molar-refractivity contribution in [2.24, 2.45) is 0 Å². The second-order valence-electron chi connectivity index (χ2n) is 3.99. The van der Waals surface area contributed by atoms with Crippen molar-refractivity contribution in [3.05, 3.63) is 24.4 Å². The monoisotopic (exact) mass is 276 g/mol. The van der Waals surface area contributed by atoms with Crippen molar-refractivity contribution in [1.29, 1.82) is 0 Å². The molecule has 0 aliphatic heterocycles. The van der Waals surface area contributed by atoms with Gasteiger partial charge in [0.2, 0.25) is 0 Å². The molecular formula is C13H16N4O3. The van der Waals surface area contributed by atoms with E-state index in [1.54, 1.807) is 25.3 Å². The number of ether oxygens (including phenoxy) is 2. The highest BCUT2D eigenvalue weighted by Crippen LogP contribution is 2.33. The van der Waals surface area contributed by atoms with Gasteiger partial charge in [0.1, 0.15) is 5.69 Å². The van der Waals surface area contributed by atoms with Gasteiger partial charge in [-0.15, -0.1) is 0 Å². The van der Waals surface area contributed by atoms with E-state index >= 15 is 0 Å². The Balaban J connectivity index is 2.25. The van der Waals surface area contributed by atoms with E-state index in [-0.39, 0.29) is 12.5 Å². The lowest BCUT2D eigenvalue weighted by atomic mass is 10.1. The van der Waals surface area contributed by atoms with Crippen LogP contribution < -0.4 is 10.5 Å². The number of esters is 1. The molecule has 0 unspecified atom stereocenters. The molecular weight excluding hydrogens is 260 g/mol. The largest absolute Gasteiger partial charge is 0.494 e. The Bertz CT molecular complexity index is 609. The molecule has 0 aliphatic rings. The number of para-hydroxylation sites is 1. The fourth-order valence-corrected chi connectivity index (χ4v) is 1.80. The van der Waals surface area contributed by atoms with Crippen LogP contribution >= 0.6 is 0 Å². The molecule has 7 nitrogen and oxygen atoms in total. The first-order valence-electron chi connectivity index (χ1n) is 6.14. The third-order valence-electron chi connectivity index (χ3n) is 2.64. The summed E-state index contributed by atoms with van der Waals surface area (Å²) < 4.78 is 10.1. The van der Waals surface area contributed by atoms with Crippen molar-refractivity contribution in [3.8, 4) is 17.0 Å². The molecule has 1 heterocycles. The number of carbonyl (C=O) groups is 1. The maximum atomic E-state index is 11.4. The van der Waals surface area contributed by atoms with Crippen LogP contribution in [0.3, 0.4) is 0 Å². The minimum Gasteiger partial charge on any atom is -0.494 e. The Kier molecular flexibility index (Phi) is 4.19. The van der Waals surface area contributed by atoms with Gasteiger partial charge in [-0.3, -0.25) is 0 Å². The van der Waals surface area contributed by atoms with Gasteiger partial charge < -0.3 is 15.2 Å². The number of benzene rings is 1. The predicted molar refractivity (Wildman–Crippen MR) is 73.1 cm³/mol. The third kappa shape index (κ3) is 2.87. The summed E-state index contributed by atoms with van der Waals surface area (Å²) >= 11 is 0. The summed E-state index contributed by atoms with van der Waals surface area (Å²) in [7, 11) is 1.54. The third-order valence-corrected chi connectivity index (χ3v) is 2.64. The maximum absolute atomic E-state index is 11.4. The summed E-state index contributed by atoms with van der Waals surface area (Å²) in [4.78, 5) is 12.6. The highest BCUT2D eigenvalue weighted by Gasteiger charge is 2.13. The first-order chi connectivity index (χ1) is 9.65. The minimum absolute atomic E-state index is 0.0293. The van der Waals surface area contributed by atoms with Gasteiger partial charge in [0.15, 0.2) is 12.3 Å². The van der Waals surface area contributed by atoms with Crippen LogP contribution in [0.4, 0.5) is 5.69 Å². The molecule has 0 spiro atoms. The van der Waals surface area contributed by atoms with E-state index in [1.807, 2.05) is 6.07 Å². The number of methoxy groups -OCH3 is 1. The SMILES string of the molecule is CCOC(=O)Cn1ncc(-c2cccc(N)c2OC)n1. The number of nitrogen functional groups attached to an aromatic ring is 1. The molecule has 1 aromatic carbocycles. The summed E-state index contributed by atoms with van der Waals surface area (Å²) in [5.74, 6) is 0.157. The zero-order valence-corrected chi connectivity index (χ0v) is 11.4. The van der Waals surface area contributed by atoms with Crippen LogP contribution in [-0.2, 0) is 16.1 Å². The van der Waals surface area contributed by atoms with Crippen LogP contribution in [0, 0.1) is 0 Å². The van der Waals surface area contributed by atoms with Crippen molar-refractivity contribution in [1.82, 2.24) is 15.0 Å². The van der Waals surface area contributed by atoms with E-state index in [2.05, 4.69) is 10.2 Å². The van der Waals surface area contributed by atoms with Gasteiger partial charge in [0.25, 0.3) is 0 Å². The Morgan fingerprint density at radius 2 is 2.25 bits per heavy atom. The fraction of sp³-hybridized carbons (Fsp3) is 0.308. The lowest BCUT2D eigenvalue weighted by Crippen LogP contribution is -2.15. The number of carbonyl (C=O) groups excluding carboxylic acids is 1. The summed E-state index contributed by atoms with van der Waals surface area (Å²) in [6.45, 7) is 2.05. The van der Waals surface area contributed by atoms with Crippen LogP contribution in [0.15, 0.2) is 24.4 Å². The number of rotatable bonds is 5. The lowest BCUT2D eigenvalue weighted by Gasteiger charge is -2.08. The topological polar surface area (TPSA) is 92.3 Å². The molecule has 2 rings (SSSR count). The minimum atomic E-state index is -0.380. The first kappa shape index (κ1) is 13.9. The number of anilines is 1. The molecule has 0 saturated heterocycles. The van der Waals surface area contributed by atoms with E-state index in [1.165, 1.54) is 11.9 Å². The highest BCUT2D eigenvalue weighted by atomic mass is 16.5. The molecule has 20 heavy (non-hydrogen) atoms. The van der Waals surface area contributed by atoms with Crippen LogP contribution in [-0.4, -0.2) is 34.7 Å². The fourth-order valence-electron chi connectivity index (χ4n) is 1.80. The van der Waals surface area contributed by atoms with Gasteiger partial charge in [-0.1, -0.05) is 6.07 Å².